The van der Waals surface area contributed by atoms with E-state index in [2.05, 4.69) is 14.8 Å². The zero-order valence-corrected chi connectivity index (χ0v) is 15.3. The van der Waals surface area contributed by atoms with Gasteiger partial charge in [0.15, 0.2) is 0 Å². The van der Waals surface area contributed by atoms with Gasteiger partial charge in [-0.3, -0.25) is 4.79 Å². The number of aromatic nitrogens is 1. The van der Waals surface area contributed by atoms with Crippen LogP contribution in [-0.2, 0) is 4.79 Å². The number of hydrogen-bond donors (Lipinski definition) is 1. The van der Waals surface area contributed by atoms with E-state index in [4.69, 9.17) is 11.6 Å². The van der Waals surface area contributed by atoms with Crippen molar-refractivity contribution in [1.29, 1.82) is 0 Å². The molecule has 0 unspecified atom stereocenters. The molecule has 1 aliphatic carbocycles. The number of pyridine rings is 1. The maximum absolute atomic E-state index is 13.3. The van der Waals surface area contributed by atoms with Crippen molar-refractivity contribution in [2.75, 3.05) is 24.5 Å². The highest BCUT2D eigenvalue weighted by Crippen LogP contribution is 2.43. The molecule has 5 nitrogen and oxygen atoms in total. The number of nitrogens with zero attached hydrogens (tertiary/aromatic N) is 3. The van der Waals surface area contributed by atoms with Crippen molar-refractivity contribution in [1.82, 2.24) is 9.88 Å². The quantitative estimate of drug-likeness (QED) is 0.821. The number of amides is 1. The van der Waals surface area contributed by atoms with Gasteiger partial charge in [0.05, 0.1) is 11.5 Å². The van der Waals surface area contributed by atoms with Crippen molar-refractivity contribution in [2.24, 2.45) is 5.41 Å². The summed E-state index contributed by atoms with van der Waals surface area (Å²) in [5.74, 6) is 0.332. The number of carbonyl (C=O) groups excluding carboxylic acids is 1. The lowest BCUT2D eigenvalue weighted by Crippen LogP contribution is -2.50. The minimum atomic E-state index is -0.246. The fraction of sp³-hybridized carbons (Fsp3) is 0.684. The molecule has 0 aromatic carbocycles. The molecule has 2 aliphatic heterocycles. The van der Waals surface area contributed by atoms with Crippen LogP contribution >= 0.6 is 11.6 Å². The molecule has 4 rings (SSSR count). The Hall–Kier alpha value is -1.33. The van der Waals surface area contributed by atoms with Crippen LogP contribution in [0, 0.1) is 5.41 Å². The van der Waals surface area contributed by atoms with Gasteiger partial charge in [-0.2, -0.15) is 0 Å². The summed E-state index contributed by atoms with van der Waals surface area (Å²) in [6.45, 7) is 2.60. The summed E-state index contributed by atoms with van der Waals surface area (Å²) in [7, 11) is 0. The second-order valence-corrected chi connectivity index (χ2v) is 8.24. The first kappa shape index (κ1) is 17.1. The first-order chi connectivity index (χ1) is 12.1. The Bertz CT molecular complexity index is 647. The van der Waals surface area contributed by atoms with Gasteiger partial charge >= 0.3 is 0 Å². The molecular weight excluding hydrogens is 338 g/mol. The van der Waals surface area contributed by atoms with E-state index in [0.717, 1.165) is 70.3 Å². The number of piperidine rings is 1. The second-order valence-electron chi connectivity index (χ2n) is 7.85. The highest BCUT2D eigenvalue weighted by molar-refractivity contribution is 6.29. The standard InChI is InChI=1S/C19H26ClN3O2/c20-17-12-15(6-9-21-17)22-10-1-7-19(13-22)8-11-23(18(19)25)14-2-4-16(24)5-3-14/h6,9,12,14,16,24H,1-5,7-8,10-11,13H2/t14?,16?,19-/m0/s1. The lowest BCUT2D eigenvalue weighted by atomic mass is 9.78. The van der Waals surface area contributed by atoms with Gasteiger partial charge in [0.25, 0.3) is 0 Å². The molecule has 25 heavy (non-hydrogen) atoms. The van der Waals surface area contributed by atoms with Crippen LogP contribution in [0.1, 0.15) is 44.9 Å². The van der Waals surface area contributed by atoms with Crippen molar-refractivity contribution < 1.29 is 9.90 Å². The van der Waals surface area contributed by atoms with Gasteiger partial charge in [0.1, 0.15) is 5.15 Å². The van der Waals surface area contributed by atoms with E-state index < -0.39 is 0 Å². The highest BCUT2D eigenvalue weighted by atomic mass is 35.5. The van der Waals surface area contributed by atoms with Crippen molar-refractivity contribution in [3.63, 3.8) is 0 Å². The molecule has 1 spiro atoms. The molecule has 0 bridgehead atoms. The van der Waals surface area contributed by atoms with Crippen LogP contribution in [-0.4, -0.2) is 52.7 Å². The number of rotatable bonds is 2. The van der Waals surface area contributed by atoms with E-state index in [0.29, 0.717) is 17.1 Å². The summed E-state index contributed by atoms with van der Waals surface area (Å²) in [5, 5.41) is 10.2. The third kappa shape index (κ3) is 3.24. The molecular formula is C19H26ClN3O2. The number of carbonyl (C=O) groups is 1. The number of anilines is 1. The lowest BCUT2D eigenvalue weighted by molar-refractivity contribution is -0.139. The third-order valence-electron chi connectivity index (χ3n) is 6.30. The molecule has 0 radical (unpaired) electrons. The Morgan fingerprint density at radius 3 is 2.76 bits per heavy atom. The SMILES string of the molecule is O=C1N(C2CCC(O)CC2)CC[C@]12CCCN(c1ccnc(Cl)c1)C2. The molecule has 1 atom stereocenters. The van der Waals surface area contributed by atoms with Crippen molar-refractivity contribution >= 4 is 23.2 Å². The fourth-order valence-electron chi connectivity index (χ4n) is 4.89. The van der Waals surface area contributed by atoms with E-state index in [1.807, 2.05) is 12.1 Å². The van der Waals surface area contributed by atoms with Gasteiger partial charge in [0, 0.05) is 37.6 Å². The van der Waals surface area contributed by atoms with Gasteiger partial charge < -0.3 is 14.9 Å². The van der Waals surface area contributed by atoms with Crippen LogP contribution in [0.5, 0.6) is 0 Å². The predicted molar refractivity (Wildman–Crippen MR) is 97.7 cm³/mol. The maximum atomic E-state index is 13.3. The first-order valence-electron chi connectivity index (χ1n) is 9.43. The van der Waals surface area contributed by atoms with Crippen LogP contribution < -0.4 is 4.90 Å². The van der Waals surface area contributed by atoms with Crippen LogP contribution in [0.4, 0.5) is 5.69 Å². The zero-order valence-electron chi connectivity index (χ0n) is 14.5. The van der Waals surface area contributed by atoms with Gasteiger partial charge in [0.2, 0.25) is 5.91 Å². The zero-order chi connectivity index (χ0) is 17.4. The van der Waals surface area contributed by atoms with Crippen molar-refractivity contribution in [3.05, 3.63) is 23.5 Å². The van der Waals surface area contributed by atoms with E-state index in [9.17, 15) is 9.90 Å². The van der Waals surface area contributed by atoms with Crippen LogP contribution in [0.2, 0.25) is 5.15 Å². The highest BCUT2D eigenvalue weighted by Gasteiger charge is 2.50. The molecule has 1 aromatic rings. The number of aliphatic hydroxyl groups excluding tert-OH is 1. The Kier molecular flexibility index (Phi) is 4.63. The summed E-state index contributed by atoms with van der Waals surface area (Å²) < 4.78 is 0. The monoisotopic (exact) mass is 363 g/mol. The van der Waals surface area contributed by atoms with E-state index in [1.165, 1.54) is 0 Å². The van der Waals surface area contributed by atoms with Crippen LogP contribution in [0.25, 0.3) is 0 Å². The van der Waals surface area contributed by atoms with Crippen LogP contribution in [0.3, 0.4) is 0 Å². The Morgan fingerprint density at radius 2 is 2.00 bits per heavy atom. The lowest BCUT2D eigenvalue weighted by Gasteiger charge is -2.41. The van der Waals surface area contributed by atoms with Gasteiger partial charge in [-0.15, -0.1) is 0 Å². The topological polar surface area (TPSA) is 56.7 Å². The summed E-state index contributed by atoms with van der Waals surface area (Å²) >= 11 is 6.05. The molecule has 136 valence electrons. The van der Waals surface area contributed by atoms with E-state index >= 15 is 0 Å². The largest absolute Gasteiger partial charge is 0.393 e. The molecule has 3 heterocycles. The van der Waals surface area contributed by atoms with Gasteiger partial charge in [-0.05, 0) is 57.1 Å². The predicted octanol–water partition coefficient (Wildman–Crippen LogP) is 2.86. The third-order valence-corrected chi connectivity index (χ3v) is 6.51. The minimum Gasteiger partial charge on any atom is -0.393 e. The molecule has 1 saturated carbocycles. The fourth-order valence-corrected chi connectivity index (χ4v) is 5.05. The maximum Gasteiger partial charge on any atom is 0.230 e. The normalized spacial score (nSPS) is 33.3. The number of hydrogen-bond acceptors (Lipinski definition) is 4. The molecule has 3 fully saturated rings. The van der Waals surface area contributed by atoms with Crippen molar-refractivity contribution in [3.8, 4) is 0 Å². The summed E-state index contributed by atoms with van der Waals surface area (Å²) in [5.41, 5.74) is 0.815. The van der Waals surface area contributed by atoms with Crippen molar-refractivity contribution in [2.45, 2.75) is 57.1 Å². The van der Waals surface area contributed by atoms with E-state index in [-0.39, 0.29) is 11.5 Å². The average Bonchev–Trinajstić information content (AvgIpc) is 2.92. The molecule has 1 amide bonds. The summed E-state index contributed by atoms with van der Waals surface area (Å²) in [4.78, 5) is 21.8. The van der Waals surface area contributed by atoms with Gasteiger partial charge in [-0.25, -0.2) is 4.98 Å². The minimum absolute atomic E-state index is 0.176. The van der Waals surface area contributed by atoms with Crippen LogP contribution in [0.15, 0.2) is 18.3 Å². The molecule has 3 aliphatic rings. The summed E-state index contributed by atoms with van der Waals surface area (Å²) in [6.07, 6.45) is 8.03. The van der Waals surface area contributed by atoms with E-state index in [1.54, 1.807) is 6.20 Å². The molecule has 1 aromatic heterocycles. The number of halogens is 1. The number of aliphatic hydroxyl groups is 1. The molecule has 2 saturated heterocycles. The average molecular weight is 364 g/mol. The Morgan fingerprint density at radius 1 is 1.20 bits per heavy atom. The van der Waals surface area contributed by atoms with Gasteiger partial charge in [-0.1, -0.05) is 11.6 Å². The molecule has 6 heteroatoms. The second kappa shape index (κ2) is 6.76. The number of likely N-dealkylation sites (tertiary alicyclic amines) is 1. The first-order valence-corrected chi connectivity index (χ1v) is 9.81. The Balaban J connectivity index is 1.49. The molecule has 1 N–H and O–H groups in total. The summed E-state index contributed by atoms with van der Waals surface area (Å²) in [6, 6.07) is 4.19. The smallest absolute Gasteiger partial charge is 0.230 e. The Labute approximate surface area is 154 Å².